The fourth-order valence-corrected chi connectivity index (χ4v) is 2.50. The summed E-state index contributed by atoms with van der Waals surface area (Å²) >= 11 is 0. The molecule has 2 rings (SSSR count). The van der Waals surface area contributed by atoms with Gasteiger partial charge >= 0.3 is 0 Å². The summed E-state index contributed by atoms with van der Waals surface area (Å²) in [6.07, 6.45) is 2.99. The second-order valence-electron chi connectivity index (χ2n) is 5.05. The smallest absolute Gasteiger partial charge is 0.128 e. The predicted molar refractivity (Wildman–Crippen MR) is 90.9 cm³/mol. The number of anilines is 2. The summed E-state index contributed by atoms with van der Waals surface area (Å²) in [7, 11) is 0. The summed E-state index contributed by atoms with van der Waals surface area (Å²) in [6, 6.07) is 12.8. The van der Waals surface area contributed by atoms with Gasteiger partial charge in [0.15, 0.2) is 0 Å². The van der Waals surface area contributed by atoms with Crippen molar-refractivity contribution in [3.63, 3.8) is 0 Å². The van der Waals surface area contributed by atoms with E-state index in [2.05, 4.69) is 72.4 Å². The molecule has 3 nitrogen and oxygen atoms in total. The van der Waals surface area contributed by atoms with Gasteiger partial charge < -0.3 is 10.2 Å². The van der Waals surface area contributed by atoms with Gasteiger partial charge in [-0.2, -0.15) is 0 Å². The van der Waals surface area contributed by atoms with E-state index in [9.17, 15) is 0 Å². The van der Waals surface area contributed by atoms with Crippen molar-refractivity contribution in [1.82, 2.24) is 4.98 Å². The fourth-order valence-electron chi connectivity index (χ4n) is 2.50. The standard InChI is InChI=1S/C18H25N3/c1-4-15-9-7-8-10-16(15)13-19-17-11-12-18(20-14-17)21(5-2)6-3/h7-12,14,19H,4-6,13H2,1-3H3. The van der Waals surface area contributed by atoms with Gasteiger partial charge in [0.05, 0.1) is 11.9 Å². The van der Waals surface area contributed by atoms with Crippen molar-refractivity contribution in [2.45, 2.75) is 33.7 Å². The Bertz CT molecular complexity index is 545. The monoisotopic (exact) mass is 283 g/mol. The molecule has 0 aliphatic heterocycles. The number of nitrogens with one attached hydrogen (secondary N) is 1. The lowest BCUT2D eigenvalue weighted by Crippen LogP contribution is -2.22. The molecule has 1 aromatic heterocycles. The lowest BCUT2D eigenvalue weighted by Gasteiger charge is -2.19. The molecule has 1 heterocycles. The van der Waals surface area contributed by atoms with Crippen molar-refractivity contribution in [2.75, 3.05) is 23.3 Å². The Kier molecular flexibility index (Phi) is 5.61. The maximum atomic E-state index is 4.54. The highest BCUT2D eigenvalue weighted by Gasteiger charge is 2.03. The van der Waals surface area contributed by atoms with Crippen molar-refractivity contribution in [3.8, 4) is 0 Å². The summed E-state index contributed by atoms with van der Waals surface area (Å²) < 4.78 is 0. The van der Waals surface area contributed by atoms with Crippen LogP contribution in [0.15, 0.2) is 42.6 Å². The molecule has 2 aromatic rings. The first-order valence-electron chi connectivity index (χ1n) is 7.80. The topological polar surface area (TPSA) is 28.2 Å². The van der Waals surface area contributed by atoms with Crippen LogP contribution in [-0.2, 0) is 13.0 Å². The molecule has 0 unspecified atom stereocenters. The lowest BCUT2D eigenvalue weighted by molar-refractivity contribution is 0.846. The maximum Gasteiger partial charge on any atom is 0.128 e. The first kappa shape index (κ1) is 15.4. The van der Waals surface area contributed by atoms with E-state index in [0.717, 1.165) is 37.6 Å². The number of pyridine rings is 1. The second-order valence-corrected chi connectivity index (χ2v) is 5.05. The average molecular weight is 283 g/mol. The van der Waals surface area contributed by atoms with E-state index in [0.29, 0.717) is 0 Å². The first-order valence-corrected chi connectivity index (χ1v) is 7.80. The van der Waals surface area contributed by atoms with E-state index in [-0.39, 0.29) is 0 Å². The quantitative estimate of drug-likeness (QED) is 0.829. The Labute approximate surface area is 128 Å². The molecular formula is C18H25N3. The largest absolute Gasteiger partial charge is 0.380 e. The Morgan fingerprint density at radius 3 is 2.24 bits per heavy atom. The zero-order chi connectivity index (χ0) is 15.1. The Hall–Kier alpha value is -2.03. The molecule has 0 aliphatic rings. The lowest BCUT2D eigenvalue weighted by atomic mass is 10.1. The molecular weight excluding hydrogens is 258 g/mol. The molecule has 0 bridgehead atoms. The van der Waals surface area contributed by atoms with Crippen molar-refractivity contribution < 1.29 is 0 Å². The Morgan fingerprint density at radius 2 is 1.67 bits per heavy atom. The number of hydrogen-bond donors (Lipinski definition) is 1. The summed E-state index contributed by atoms with van der Waals surface area (Å²) in [5.74, 6) is 1.04. The molecule has 0 aliphatic carbocycles. The second kappa shape index (κ2) is 7.67. The van der Waals surface area contributed by atoms with E-state index in [1.54, 1.807) is 0 Å². The van der Waals surface area contributed by atoms with Crippen LogP contribution in [0, 0.1) is 0 Å². The normalized spacial score (nSPS) is 10.4. The van der Waals surface area contributed by atoms with Crippen LogP contribution in [0.1, 0.15) is 31.9 Å². The molecule has 0 fully saturated rings. The molecule has 3 heteroatoms. The molecule has 0 radical (unpaired) electrons. The van der Waals surface area contributed by atoms with Crippen LogP contribution in [0.25, 0.3) is 0 Å². The molecule has 0 amide bonds. The molecule has 112 valence electrons. The van der Waals surface area contributed by atoms with Crippen LogP contribution >= 0.6 is 0 Å². The third-order valence-corrected chi connectivity index (χ3v) is 3.82. The van der Waals surface area contributed by atoms with Gasteiger partial charge in [-0.15, -0.1) is 0 Å². The third-order valence-electron chi connectivity index (χ3n) is 3.82. The van der Waals surface area contributed by atoms with Gasteiger partial charge in [-0.1, -0.05) is 31.2 Å². The highest BCUT2D eigenvalue weighted by atomic mass is 15.2. The van der Waals surface area contributed by atoms with E-state index in [4.69, 9.17) is 0 Å². The SMILES string of the molecule is CCc1ccccc1CNc1ccc(N(CC)CC)nc1. The average Bonchev–Trinajstić information content (AvgIpc) is 2.55. The molecule has 0 spiro atoms. The Balaban J connectivity index is 2.00. The van der Waals surface area contributed by atoms with Gasteiger partial charge in [0.25, 0.3) is 0 Å². The highest BCUT2D eigenvalue weighted by Crippen LogP contribution is 2.16. The fraction of sp³-hybridized carbons (Fsp3) is 0.389. The summed E-state index contributed by atoms with van der Waals surface area (Å²) in [4.78, 5) is 6.79. The highest BCUT2D eigenvalue weighted by molar-refractivity contribution is 5.49. The molecule has 0 atom stereocenters. The van der Waals surface area contributed by atoms with Crippen LogP contribution in [0.4, 0.5) is 11.5 Å². The van der Waals surface area contributed by atoms with E-state index >= 15 is 0 Å². The molecule has 1 aromatic carbocycles. The maximum absolute atomic E-state index is 4.54. The Morgan fingerprint density at radius 1 is 0.952 bits per heavy atom. The van der Waals surface area contributed by atoms with Crippen molar-refractivity contribution >= 4 is 11.5 Å². The molecule has 0 saturated carbocycles. The predicted octanol–water partition coefficient (Wildman–Crippen LogP) is 4.10. The van der Waals surface area contributed by atoms with Crippen LogP contribution < -0.4 is 10.2 Å². The summed E-state index contributed by atoms with van der Waals surface area (Å²) in [6.45, 7) is 9.31. The zero-order valence-electron chi connectivity index (χ0n) is 13.3. The number of aryl methyl sites for hydroxylation is 1. The van der Waals surface area contributed by atoms with Gasteiger partial charge in [0.2, 0.25) is 0 Å². The summed E-state index contributed by atoms with van der Waals surface area (Å²) in [5.41, 5.74) is 3.82. The van der Waals surface area contributed by atoms with E-state index in [1.807, 2.05) is 6.20 Å². The van der Waals surface area contributed by atoms with Crippen LogP contribution in [0.2, 0.25) is 0 Å². The minimum Gasteiger partial charge on any atom is -0.380 e. The minimum absolute atomic E-state index is 0.844. The molecule has 0 saturated heterocycles. The van der Waals surface area contributed by atoms with Crippen molar-refractivity contribution in [1.29, 1.82) is 0 Å². The number of benzene rings is 1. The molecule has 21 heavy (non-hydrogen) atoms. The third kappa shape index (κ3) is 3.97. The van der Waals surface area contributed by atoms with E-state index in [1.165, 1.54) is 11.1 Å². The van der Waals surface area contributed by atoms with E-state index < -0.39 is 0 Å². The number of aromatic nitrogens is 1. The van der Waals surface area contributed by atoms with Crippen molar-refractivity contribution in [2.24, 2.45) is 0 Å². The van der Waals surface area contributed by atoms with Crippen LogP contribution in [-0.4, -0.2) is 18.1 Å². The van der Waals surface area contributed by atoms with Crippen LogP contribution in [0.3, 0.4) is 0 Å². The number of hydrogen-bond acceptors (Lipinski definition) is 3. The number of nitrogens with zero attached hydrogens (tertiary/aromatic N) is 2. The zero-order valence-corrected chi connectivity index (χ0v) is 13.3. The first-order chi connectivity index (χ1) is 10.3. The summed E-state index contributed by atoms with van der Waals surface area (Å²) in [5, 5.41) is 3.46. The van der Waals surface area contributed by atoms with Crippen molar-refractivity contribution in [3.05, 3.63) is 53.7 Å². The van der Waals surface area contributed by atoms with Gasteiger partial charge in [0, 0.05) is 19.6 Å². The van der Waals surface area contributed by atoms with Gasteiger partial charge in [-0.3, -0.25) is 0 Å². The van der Waals surface area contributed by atoms with Gasteiger partial charge in [0.1, 0.15) is 5.82 Å². The molecule has 1 N–H and O–H groups in total. The minimum atomic E-state index is 0.844. The number of rotatable bonds is 7. The van der Waals surface area contributed by atoms with Crippen LogP contribution in [0.5, 0.6) is 0 Å². The van der Waals surface area contributed by atoms with Gasteiger partial charge in [-0.05, 0) is 43.5 Å². The van der Waals surface area contributed by atoms with Gasteiger partial charge in [-0.25, -0.2) is 4.98 Å².